The number of carbonyl (C=O) groups is 1. The third-order valence-corrected chi connectivity index (χ3v) is 6.53. The molecule has 5 nitrogen and oxygen atoms in total. The van der Waals surface area contributed by atoms with Gasteiger partial charge in [0.2, 0.25) is 0 Å². The maximum absolute atomic E-state index is 13.5. The highest BCUT2D eigenvalue weighted by Gasteiger charge is 2.66. The summed E-state index contributed by atoms with van der Waals surface area (Å²) < 4.78 is 5.57. The minimum Gasteiger partial charge on any atom is -0.381 e. The number of guanidine groups is 1. The van der Waals surface area contributed by atoms with E-state index in [1.54, 1.807) is 14.2 Å². The number of benzene rings is 1. The lowest BCUT2D eigenvalue weighted by Crippen LogP contribution is -2.51. The molecule has 0 aromatic heterocycles. The average Bonchev–Trinajstić information content (AvgIpc) is 3.04. The molecule has 1 aromatic rings. The van der Waals surface area contributed by atoms with Crippen molar-refractivity contribution in [1.29, 1.82) is 0 Å². The molecule has 4 rings (SSSR count). The number of rotatable bonds is 1. The van der Waals surface area contributed by atoms with Gasteiger partial charge in [-0.2, -0.15) is 0 Å². The molecule has 1 aliphatic heterocycles. The van der Waals surface area contributed by atoms with Crippen molar-refractivity contribution in [2.45, 2.75) is 50.7 Å². The highest BCUT2D eigenvalue weighted by molar-refractivity contribution is 6.08. The Morgan fingerprint density at radius 3 is 2.65 bits per heavy atom. The standard InChI is InChI=1S/C21H25N3O2/c1-4-5-14-6-7-15-13-20(10-8-16(26-3)9-11-20)21(17(15)12-14)18(25)24(2)19(22)23-21/h6-7,12,16H,8-11,13H2,1-3H3,(H2,22,23). The summed E-state index contributed by atoms with van der Waals surface area (Å²) in [6, 6.07) is 6.21. The molecular formula is C21H25N3O2. The number of nitrogens with zero attached hydrogens (tertiary/aromatic N) is 2. The van der Waals surface area contributed by atoms with Crippen molar-refractivity contribution in [2.24, 2.45) is 16.1 Å². The number of ether oxygens (including phenoxy) is 1. The molecule has 26 heavy (non-hydrogen) atoms. The maximum atomic E-state index is 13.5. The zero-order chi connectivity index (χ0) is 18.5. The summed E-state index contributed by atoms with van der Waals surface area (Å²) in [6.45, 7) is 1.82. The van der Waals surface area contributed by atoms with Gasteiger partial charge in [0.25, 0.3) is 5.91 Å². The van der Waals surface area contributed by atoms with E-state index in [1.165, 1.54) is 10.5 Å². The maximum Gasteiger partial charge on any atom is 0.262 e. The van der Waals surface area contributed by atoms with E-state index in [1.807, 2.05) is 13.0 Å². The topological polar surface area (TPSA) is 67.9 Å². The van der Waals surface area contributed by atoms with Crippen molar-refractivity contribution in [3.05, 3.63) is 34.9 Å². The van der Waals surface area contributed by atoms with E-state index in [9.17, 15) is 4.79 Å². The number of fused-ring (bicyclic) bond motifs is 3. The Hall–Kier alpha value is -2.32. The molecule has 1 unspecified atom stereocenters. The highest BCUT2D eigenvalue weighted by Crippen LogP contribution is 2.61. The lowest BCUT2D eigenvalue weighted by Gasteiger charge is -2.45. The molecule has 2 spiro atoms. The van der Waals surface area contributed by atoms with Crippen LogP contribution in [0.5, 0.6) is 0 Å². The number of amides is 1. The molecule has 136 valence electrons. The molecule has 1 atom stereocenters. The second-order valence-corrected chi connectivity index (χ2v) is 7.68. The number of likely N-dealkylation sites (N-methyl/N-ethyl adjacent to an activating group) is 1. The lowest BCUT2D eigenvalue weighted by molar-refractivity contribution is -0.137. The van der Waals surface area contributed by atoms with Gasteiger partial charge in [-0.15, -0.1) is 5.92 Å². The molecule has 2 N–H and O–H groups in total. The number of hydrogen-bond acceptors (Lipinski definition) is 4. The Balaban J connectivity index is 1.89. The second-order valence-electron chi connectivity index (χ2n) is 7.68. The summed E-state index contributed by atoms with van der Waals surface area (Å²) in [6.07, 6.45) is 4.82. The van der Waals surface area contributed by atoms with E-state index in [4.69, 9.17) is 15.5 Å². The van der Waals surface area contributed by atoms with Crippen LogP contribution in [-0.2, 0) is 21.5 Å². The Bertz CT molecular complexity index is 856. The monoisotopic (exact) mass is 351 g/mol. The van der Waals surface area contributed by atoms with E-state index in [2.05, 4.69) is 24.0 Å². The Labute approximate surface area is 154 Å². The number of hydrogen-bond donors (Lipinski definition) is 1. The normalized spacial score (nSPS) is 32.6. The van der Waals surface area contributed by atoms with Gasteiger partial charge in [-0.3, -0.25) is 9.69 Å². The number of nitrogens with two attached hydrogens (primary N) is 1. The minimum atomic E-state index is -0.911. The zero-order valence-corrected chi connectivity index (χ0v) is 15.6. The molecule has 1 amide bonds. The summed E-state index contributed by atoms with van der Waals surface area (Å²) >= 11 is 0. The SMILES string of the molecule is CC#Cc1ccc2c(c1)C1(N=C(N)N(C)C1=O)C1(CCC(OC)CC1)C2. The summed E-state index contributed by atoms with van der Waals surface area (Å²) in [4.78, 5) is 19.8. The Kier molecular flexibility index (Phi) is 3.85. The van der Waals surface area contributed by atoms with Crippen molar-refractivity contribution in [1.82, 2.24) is 4.90 Å². The van der Waals surface area contributed by atoms with Crippen LogP contribution in [0.15, 0.2) is 23.2 Å². The molecule has 5 heteroatoms. The third kappa shape index (κ3) is 2.09. The van der Waals surface area contributed by atoms with E-state index in [-0.39, 0.29) is 17.4 Å². The van der Waals surface area contributed by atoms with Gasteiger partial charge in [0.1, 0.15) is 0 Å². The van der Waals surface area contributed by atoms with Gasteiger partial charge in [-0.1, -0.05) is 12.0 Å². The third-order valence-electron chi connectivity index (χ3n) is 6.53. The summed E-state index contributed by atoms with van der Waals surface area (Å²) in [7, 11) is 3.49. The quantitative estimate of drug-likeness (QED) is 0.789. The van der Waals surface area contributed by atoms with Crippen molar-refractivity contribution in [2.75, 3.05) is 14.2 Å². The predicted molar refractivity (Wildman–Crippen MR) is 100 cm³/mol. The van der Waals surface area contributed by atoms with E-state index >= 15 is 0 Å². The first-order valence-corrected chi connectivity index (χ1v) is 9.20. The van der Waals surface area contributed by atoms with Crippen LogP contribution in [0.25, 0.3) is 0 Å². The van der Waals surface area contributed by atoms with Crippen LogP contribution < -0.4 is 5.73 Å². The fourth-order valence-corrected chi connectivity index (χ4v) is 5.15. The van der Waals surface area contributed by atoms with Crippen molar-refractivity contribution < 1.29 is 9.53 Å². The molecular weight excluding hydrogens is 326 g/mol. The van der Waals surface area contributed by atoms with Gasteiger partial charge in [0.05, 0.1) is 6.10 Å². The molecule has 0 saturated heterocycles. The first kappa shape index (κ1) is 17.1. The molecule has 1 saturated carbocycles. The van der Waals surface area contributed by atoms with Gasteiger partial charge < -0.3 is 10.5 Å². The minimum absolute atomic E-state index is 0.00813. The van der Waals surface area contributed by atoms with Crippen LogP contribution in [0.4, 0.5) is 0 Å². The summed E-state index contributed by atoms with van der Waals surface area (Å²) in [5.41, 5.74) is 8.09. The van der Waals surface area contributed by atoms with Gasteiger partial charge >= 0.3 is 0 Å². The molecule has 0 radical (unpaired) electrons. The van der Waals surface area contributed by atoms with Gasteiger partial charge in [-0.25, -0.2) is 4.99 Å². The van der Waals surface area contributed by atoms with E-state index in [0.717, 1.165) is 43.2 Å². The van der Waals surface area contributed by atoms with Gasteiger partial charge in [0, 0.05) is 25.1 Å². The van der Waals surface area contributed by atoms with Crippen LogP contribution >= 0.6 is 0 Å². The Morgan fingerprint density at radius 1 is 1.35 bits per heavy atom. The number of aliphatic imine (C=N–C) groups is 1. The van der Waals surface area contributed by atoms with Crippen LogP contribution in [0.2, 0.25) is 0 Å². The van der Waals surface area contributed by atoms with Crippen molar-refractivity contribution >= 4 is 11.9 Å². The van der Waals surface area contributed by atoms with Gasteiger partial charge in [-0.05, 0) is 62.3 Å². The molecule has 1 aromatic carbocycles. The fraction of sp³-hybridized carbons (Fsp3) is 0.524. The summed E-state index contributed by atoms with van der Waals surface area (Å²) in [5, 5.41) is 0. The largest absolute Gasteiger partial charge is 0.381 e. The molecule has 0 bridgehead atoms. The van der Waals surface area contributed by atoms with Crippen molar-refractivity contribution in [3.63, 3.8) is 0 Å². The highest BCUT2D eigenvalue weighted by atomic mass is 16.5. The molecule has 1 fully saturated rings. The average molecular weight is 351 g/mol. The fourth-order valence-electron chi connectivity index (χ4n) is 5.15. The van der Waals surface area contributed by atoms with Crippen LogP contribution in [0.1, 0.15) is 49.3 Å². The first-order valence-electron chi connectivity index (χ1n) is 9.20. The van der Waals surface area contributed by atoms with E-state index in [0.29, 0.717) is 5.96 Å². The number of carbonyl (C=O) groups excluding carboxylic acids is 1. The number of methoxy groups -OCH3 is 1. The second kappa shape index (κ2) is 5.85. The van der Waals surface area contributed by atoms with Crippen molar-refractivity contribution in [3.8, 4) is 11.8 Å². The molecule has 3 aliphatic rings. The van der Waals surface area contributed by atoms with Crippen LogP contribution in [-0.4, -0.2) is 37.0 Å². The lowest BCUT2D eigenvalue weighted by atomic mass is 9.61. The first-order chi connectivity index (χ1) is 12.5. The molecule has 1 heterocycles. The predicted octanol–water partition coefficient (Wildman–Crippen LogP) is 2.17. The Morgan fingerprint density at radius 2 is 2.08 bits per heavy atom. The smallest absolute Gasteiger partial charge is 0.262 e. The van der Waals surface area contributed by atoms with Crippen LogP contribution in [0.3, 0.4) is 0 Å². The van der Waals surface area contributed by atoms with Gasteiger partial charge in [0.15, 0.2) is 11.5 Å². The summed E-state index contributed by atoms with van der Waals surface area (Å²) in [5.74, 6) is 6.36. The zero-order valence-electron chi connectivity index (χ0n) is 15.6. The van der Waals surface area contributed by atoms with E-state index < -0.39 is 5.54 Å². The molecule has 2 aliphatic carbocycles. The van der Waals surface area contributed by atoms with Crippen LogP contribution in [0, 0.1) is 17.3 Å².